The number of hydrogen-bond donors (Lipinski definition) is 1. The van der Waals surface area contributed by atoms with Gasteiger partial charge in [0.25, 0.3) is 0 Å². The number of aromatic carboxylic acids is 1. The van der Waals surface area contributed by atoms with E-state index in [4.69, 9.17) is 5.11 Å². The van der Waals surface area contributed by atoms with Crippen LogP contribution in [0.2, 0.25) is 0 Å². The molecule has 0 amide bonds. The number of carboxylic acid groups (broad SMARTS) is 1. The van der Waals surface area contributed by atoms with Crippen molar-refractivity contribution in [2.45, 2.75) is 26.7 Å². The number of carbonyl (C=O) groups is 1. The Morgan fingerprint density at radius 3 is 2.81 bits per heavy atom. The van der Waals surface area contributed by atoms with Gasteiger partial charge in [-0.3, -0.25) is 0 Å². The lowest BCUT2D eigenvalue weighted by atomic mass is 10.1. The van der Waals surface area contributed by atoms with Crippen molar-refractivity contribution in [1.82, 2.24) is 4.98 Å². The normalized spacial score (nSPS) is 10.8. The van der Waals surface area contributed by atoms with E-state index < -0.39 is 5.97 Å². The molecular weight excluding hydrogens is 224 g/mol. The fourth-order valence-electron chi connectivity index (χ4n) is 1.37. The van der Waals surface area contributed by atoms with Crippen molar-refractivity contribution in [2.75, 3.05) is 18.5 Å². The summed E-state index contributed by atoms with van der Waals surface area (Å²) in [5.41, 5.74) is 0. The largest absolute Gasteiger partial charge is 0.477 e. The molecule has 1 aromatic heterocycles. The molecule has 0 spiro atoms. The molecule has 0 radical (unpaired) electrons. The summed E-state index contributed by atoms with van der Waals surface area (Å²) in [4.78, 5) is 17.1. The maximum atomic E-state index is 10.7. The maximum Gasteiger partial charge on any atom is 0.347 e. The summed E-state index contributed by atoms with van der Waals surface area (Å²) in [6.07, 6.45) is 3.71. The number of carboxylic acids is 1. The van der Waals surface area contributed by atoms with Crippen LogP contribution in [0.3, 0.4) is 0 Å². The van der Waals surface area contributed by atoms with E-state index in [9.17, 15) is 4.79 Å². The van der Waals surface area contributed by atoms with E-state index >= 15 is 0 Å². The smallest absolute Gasteiger partial charge is 0.347 e. The molecule has 0 aliphatic heterocycles. The average molecular weight is 242 g/mol. The third-order valence-electron chi connectivity index (χ3n) is 2.31. The van der Waals surface area contributed by atoms with Gasteiger partial charge in [0.1, 0.15) is 4.88 Å². The Kier molecular flexibility index (Phi) is 4.73. The van der Waals surface area contributed by atoms with Crippen LogP contribution in [0.15, 0.2) is 6.20 Å². The zero-order chi connectivity index (χ0) is 12.1. The van der Waals surface area contributed by atoms with Crippen molar-refractivity contribution in [1.29, 1.82) is 0 Å². The number of hydrogen-bond acceptors (Lipinski definition) is 4. The molecule has 0 aromatic carbocycles. The molecular formula is C11H18N2O2S. The Hall–Kier alpha value is -1.10. The van der Waals surface area contributed by atoms with Crippen LogP contribution in [-0.2, 0) is 0 Å². The minimum absolute atomic E-state index is 0.297. The molecule has 1 heterocycles. The number of nitrogens with zero attached hydrogens (tertiary/aromatic N) is 2. The molecule has 5 heteroatoms. The molecule has 0 saturated heterocycles. The van der Waals surface area contributed by atoms with Crippen molar-refractivity contribution in [3.8, 4) is 0 Å². The molecule has 1 N–H and O–H groups in total. The summed E-state index contributed by atoms with van der Waals surface area (Å²) in [6.45, 7) is 5.32. The molecule has 0 unspecified atom stereocenters. The Bertz CT molecular complexity index is 350. The Balaban J connectivity index is 2.46. The molecule has 1 aromatic rings. The van der Waals surface area contributed by atoms with E-state index in [-0.39, 0.29) is 0 Å². The molecule has 0 bridgehead atoms. The maximum absolute atomic E-state index is 10.7. The van der Waals surface area contributed by atoms with Crippen LogP contribution in [0, 0.1) is 5.92 Å². The molecule has 1 rings (SSSR count). The third-order valence-corrected chi connectivity index (χ3v) is 3.41. The summed E-state index contributed by atoms with van der Waals surface area (Å²) in [5.74, 6) is -0.196. The Morgan fingerprint density at radius 1 is 1.62 bits per heavy atom. The first-order valence-electron chi connectivity index (χ1n) is 5.41. The SMILES string of the molecule is CC(C)CCCN(C)c1ncc(C(=O)O)s1. The van der Waals surface area contributed by atoms with Crippen molar-refractivity contribution in [3.05, 3.63) is 11.1 Å². The zero-order valence-electron chi connectivity index (χ0n) is 9.93. The monoisotopic (exact) mass is 242 g/mol. The second kappa shape index (κ2) is 5.84. The Morgan fingerprint density at radius 2 is 2.31 bits per heavy atom. The van der Waals surface area contributed by atoms with Crippen LogP contribution < -0.4 is 4.90 Å². The molecule has 0 atom stereocenters. The number of aromatic nitrogens is 1. The summed E-state index contributed by atoms with van der Waals surface area (Å²) >= 11 is 1.22. The number of thiazole rings is 1. The molecule has 0 fully saturated rings. The predicted octanol–water partition coefficient (Wildman–Crippen LogP) is 2.71. The summed E-state index contributed by atoms with van der Waals surface area (Å²) in [7, 11) is 1.95. The van der Waals surface area contributed by atoms with Crippen LogP contribution in [0.25, 0.3) is 0 Å². The van der Waals surface area contributed by atoms with Crippen molar-refractivity contribution in [2.24, 2.45) is 5.92 Å². The van der Waals surface area contributed by atoms with Crippen LogP contribution in [-0.4, -0.2) is 29.7 Å². The van der Waals surface area contributed by atoms with E-state index in [0.29, 0.717) is 10.8 Å². The minimum Gasteiger partial charge on any atom is -0.477 e. The van der Waals surface area contributed by atoms with Crippen LogP contribution >= 0.6 is 11.3 Å². The van der Waals surface area contributed by atoms with Crippen molar-refractivity contribution >= 4 is 22.4 Å². The second-order valence-electron chi connectivity index (χ2n) is 4.27. The quantitative estimate of drug-likeness (QED) is 0.833. The first-order chi connectivity index (χ1) is 7.50. The van der Waals surface area contributed by atoms with E-state index in [1.807, 2.05) is 11.9 Å². The van der Waals surface area contributed by atoms with Gasteiger partial charge in [-0.05, 0) is 18.8 Å². The third kappa shape index (κ3) is 3.81. The highest BCUT2D eigenvalue weighted by atomic mass is 32.1. The summed E-state index contributed by atoms with van der Waals surface area (Å²) in [5, 5.41) is 9.56. The molecule has 16 heavy (non-hydrogen) atoms. The van der Waals surface area contributed by atoms with Gasteiger partial charge in [0.2, 0.25) is 0 Å². The fraction of sp³-hybridized carbons (Fsp3) is 0.636. The van der Waals surface area contributed by atoms with Gasteiger partial charge < -0.3 is 10.0 Å². The van der Waals surface area contributed by atoms with Crippen molar-refractivity contribution in [3.63, 3.8) is 0 Å². The second-order valence-corrected chi connectivity index (χ2v) is 5.28. The molecule has 0 aliphatic rings. The minimum atomic E-state index is -0.903. The van der Waals surface area contributed by atoms with Crippen LogP contribution in [0.5, 0.6) is 0 Å². The van der Waals surface area contributed by atoms with Crippen LogP contribution in [0.1, 0.15) is 36.4 Å². The number of rotatable bonds is 6. The first kappa shape index (κ1) is 13.0. The van der Waals surface area contributed by atoms with Crippen LogP contribution in [0.4, 0.5) is 5.13 Å². The van der Waals surface area contributed by atoms with Gasteiger partial charge in [-0.1, -0.05) is 25.2 Å². The lowest BCUT2D eigenvalue weighted by molar-refractivity contribution is 0.0702. The summed E-state index contributed by atoms with van der Waals surface area (Å²) < 4.78 is 0. The van der Waals surface area contributed by atoms with Gasteiger partial charge >= 0.3 is 5.97 Å². The predicted molar refractivity (Wildman–Crippen MR) is 66.4 cm³/mol. The highest BCUT2D eigenvalue weighted by molar-refractivity contribution is 7.17. The average Bonchev–Trinajstić information content (AvgIpc) is 2.65. The summed E-state index contributed by atoms with van der Waals surface area (Å²) in [6, 6.07) is 0. The van der Waals surface area contributed by atoms with E-state index in [1.54, 1.807) is 0 Å². The molecule has 4 nitrogen and oxygen atoms in total. The highest BCUT2D eigenvalue weighted by Crippen LogP contribution is 2.21. The van der Waals surface area contributed by atoms with Crippen molar-refractivity contribution < 1.29 is 9.90 Å². The first-order valence-corrected chi connectivity index (χ1v) is 6.22. The number of anilines is 1. The highest BCUT2D eigenvalue weighted by Gasteiger charge is 2.11. The standard InChI is InChI=1S/C11H18N2O2S/c1-8(2)5-4-6-13(3)11-12-7-9(16-11)10(14)15/h7-8H,4-6H2,1-3H3,(H,14,15). The van der Waals surface area contributed by atoms with E-state index in [2.05, 4.69) is 18.8 Å². The Labute approximate surface area is 99.9 Å². The van der Waals surface area contributed by atoms with Gasteiger partial charge in [-0.15, -0.1) is 0 Å². The zero-order valence-corrected chi connectivity index (χ0v) is 10.8. The van der Waals surface area contributed by atoms with E-state index in [0.717, 1.165) is 18.1 Å². The molecule has 90 valence electrons. The van der Waals surface area contributed by atoms with Gasteiger partial charge in [-0.25, -0.2) is 9.78 Å². The molecule has 0 aliphatic carbocycles. The topological polar surface area (TPSA) is 53.4 Å². The van der Waals surface area contributed by atoms with Gasteiger partial charge in [-0.2, -0.15) is 0 Å². The van der Waals surface area contributed by atoms with Gasteiger partial charge in [0.15, 0.2) is 5.13 Å². The van der Waals surface area contributed by atoms with Gasteiger partial charge in [0, 0.05) is 13.6 Å². The molecule has 0 saturated carbocycles. The lowest BCUT2D eigenvalue weighted by Gasteiger charge is -2.15. The van der Waals surface area contributed by atoms with E-state index in [1.165, 1.54) is 24.0 Å². The fourth-order valence-corrected chi connectivity index (χ4v) is 2.11. The lowest BCUT2D eigenvalue weighted by Crippen LogP contribution is -2.18. The van der Waals surface area contributed by atoms with Gasteiger partial charge in [0.05, 0.1) is 6.20 Å².